The molecule has 2 heterocycles. The summed E-state index contributed by atoms with van der Waals surface area (Å²) in [5.41, 5.74) is 0.609. The van der Waals surface area contributed by atoms with Gasteiger partial charge in [-0.1, -0.05) is 41.3 Å². The zero-order chi connectivity index (χ0) is 16.1. The Morgan fingerprint density at radius 1 is 1.17 bits per heavy atom. The van der Waals surface area contributed by atoms with Gasteiger partial charge in [-0.3, -0.25) is 10.6 Å². The van der Waals surface area contributed by atoms with Crippen LogP contribution in [0, 0.1) is 5.82 Å². The molecular formula is C14H11FN4OS3. The van der Waals surface area contributed by atoms with E-state index in [1.54, 1.807) is 24.3 Å². The summed E-state index contributed by atoms with van der Waals surface area (Å²) in [6.07, 6.45) is 0. The van der Waals surface area contributed by atoms with E-state index in [-0.39, 0.29) is 11.8 Å². The molecule has 0 aliphatic heterocycles. The van der Waals surface area contributed by atoms with Crippen molar-refractivity contribution in [2.45, 2.75) is 10.1 Å². The Labute approximate surface area is 144 Å². The van der Waals surface area contributed by atoms with Gasteiger partial charge in [0, 0.05) is 5.75 Å². The highest BCUT2D eigenvalue weighted by Gasteiger charge is 2.10. The first-order valence-electron chi connectivity index (χ1n) is 6.52. The molecule has 0 radical (unpaired) electrons. The molecule has 0 bridgehead atoms. The smallest absolute Gasteiger partial charge is 0.299 e. The van der Waals surface area contributed by atoms with Crippen LogP contribution in [-0.2, 0) is 5.75 Å². The number of halogens is 1. The Morgan fingerprint density at radius 3 is 2.83 bits per heavy atom. The zero-order valence-electron chi connectivity index (χ0n) is 11.7. The Bertz CT molecular complexity index is 791. The van der Waals surface area contributed by atoms with Crippen molar-refractivity contribution in [1.82, 2.24) is 10.2 Å². The van der Waals surface area contributed by atoms with Crippen LogP contribution in [0.5, 0.6) is 0 Å². The van der Waals surface area contributed by atoms with Gasteiger partial charge in [-0.15, -0.1) is 21.5 Å². The van der Waals surface area contributed by atoms with Gasteiger partial charge in [0.05, 0.1) is 5.00 Å². The number of carbonyl (C=O) groups excluding carboxylic acids is 1. The van der Waals surface area contributed by atoms with E-state index in [0.29, 0.717) is 20.8 Å². The Kier molecular flexibility index (Phi) is 5.21. The summed E-state index contributed by atoms with van der Waals surface area (Å²) in [5, 5.41) is 16.2. The highest BCUT2D eigenvalue weighted by atomic mass is 32.2. The topological polar surface area (TPSA) is 66.9 Å². The number of aromatic nitrogens is 2. The Morgan fingerprint density at radius 2 is 2.04 bits per heavy atom. The highest BCUT2D eigenvalue weighted by molar-refractivity contribution is 8.00. The minimum atomic E-state index is -0.366. The van der Waals surface area contributed by atoms with Crippen LogP contribution in [0.3, 0.4) is 0 Å². The molecule has 0 fully saturated rings. The summed E-state index contributed by atoms with van der Waals surface area (Å²) < 4.78 is 14.2. The van der Waals surface area contributed by atoms with E-state index in [9.17, 15) is 9.18 Å². The maximum absolute atomic E-state index is 13.5. The number of rotatable bonds is 5. The molecular weight excluding hydrogens is 355 g/mol. The van der Waals surface area contributed by atoms with Crippen LogP contribution in [0.15, 0.2) is 46.1 Å². The van der Waals surface area contributed by atoms with Gasteiger partial charge in [-0.05, 0) is 29.1 Å². The predicted octanol–water partition coefficient (Wildman–Crippen LogP) is 4.68. The first-order valence-corrected chi connectivity index (χ1v) is 9.20. The van der Waals surface area contributed by atoms with Crippen molar-refractivity contribution in [3.63, 3.8) is 0 Å². The minimum Gasteiger partial charge on any atom is -0.299 e. The molecule has 0 unspecified atom stereocenters. The van der Waals surface area contributed by atoms with E-state index >= 15 is 0 Å². The van der Waals surface area contributed by atoms with Crippen molar-refractivity contribution in [3.05, 3.63) is 53.2 Å². The van der Waals surface area contributed by atoms with Crippen molar-refractivity contribution in [1.29, 1.82) is 0 Å². The standard InChI is InChI=1S/C14H11FN4OS3/c15-10-5-2-1-4-9(10)8-22-14-19-18-13(23-14)17-12(20)16-11-6-3-7-21-11/h1-7H,8H2,(H2,16,17,18,20). The fourth-order valence-electron chi connectivity index (χ4n) is 1.66. The molecule has 23 heavy (non-hydrogen) atoms. The van der Waals surface area contributed by atoms with Crippen LogP contribution in [0.2, 0.25) is 0 Å². The lowest BCUT2D eigenvalue weighted by molar-refractivity contribution is 0.262. The fourth-order valence-corrected chi connectivity index (χ4v) is 4.01. The first-order chi connectivity index (χ1) is 11.2. The van der Waals surface area contributed by atoms with Gasteiger partial charge in [0.25, 0.3) is 0 Å². The number of nitrogens with one attached hydrogen (secondary N) is 2. The molecule has 0 saturated heterocycles. The number of urea groups is 1. The van der Waals surface area contributed by atoms with Gasteiger partial charge in [0.2, 0.25) is 5.13 Å². The van der Waals surface area contributed by atoms with Gasteiger partial charge in [-0.2, -0.15) is 0 Å². The third kappa shape index (κ3) is 4.50. The first kappa shape index (κ1) is 15.9. The Balaban J connectivity index is 1.53. The molecule has 3 aromatic rings. The molecule has 118 valence electrons. The lowest BCUT2D eigenvalue weighted by atomic mass is 10.2. The second kappa shape index (κ2) is 7.53. The van der Waals surface area contributed by atoms with E-state index in [0.717, 1.165) is 5.00 Å². The molecule has 3 rings (SSSR count). The van der Waals surface area contributed by atoms with Crippen LogP contribution in [0.4, 0.5) is 19.3 Å². The zero-order valence-corrected chi connectivity index (χ0v) is 14.1. The molecule has 2 N–H and O–H groups in total. The van der Waals surface area contributed by atoms with Crippen LogP contribution < -0.4 is 10.6 Å². The van der Waals surface area contributed by atoms with Gasteiger partial charge in [-0.25, -0.2) is 9.18 Å². The van der Waals surface area contributed by atoms with Crippen LogP contribution in [0.1, 0.15) is 5.56 Å². The van der Waals surface area contributed by atoms with E-state index in [4.69, 9.17) is 0 Å². The highest BCUT2D eigenvalue weighted by Crippen LogP contribution is 2.29. The number of anilines is 2. The minimum absolute atomic E-state index is 0.238. The molecule has 0 atom stereocenters. The number of thioether (sulfide) groups is 1. The second-order valence-electron chi connectivity index (χ2n) is 4.31. The summed E-state index contributed by atoms with van der Waals surface area (Å²) in [5.74, 6) is 0.223. The van der Waals surface area contributed by atoms with Crippen LogP contribution >= 0.6 is 34.4 Å². The molecule has 1 aromatic carbocycles. The van der Waals surface area contributed by atoms with E-state index < -0.39 is 0 Å². The molecule has 0 spiro atoms. The van der Waals surface area contributed by atoms with E-state index in [2.05, 4.69) is 20.8 Å². The van der Waals surface area contributed by atoms with Crippen molar-refractivity contribution >= 4 is 50.6 Å². The third-order valence-corrected chi connectivity index (χ3v) is 5.50. The largest absolute Gasteiger partial charge is 0.326 e. The van der Waals surface area contributed by atoms with Crippen molar-refractivity contribution < 1.29 is 9.18 Å². The normalized spacial score (nSPS) is 10.5. The van der Waals surface area contributed by atoms with E-state index in [1.807, 2.05) is 11.4 Å². The van der Waals surface area contributed by atoms with E-state index in [1.165, 1.54) is 40.5 Å². The molecule has 0 aliphatic rings. The summed E-state index contributed by atoms with van der Waals surface area (Å²) >= 11 is 4.05. The van der Waals surface area contributed by atoms with Crippen molar-refractivity contribution in [2.24, 2.45) is 0 Å². The second-order valence-corrected chi connectivity index (χ2v) is 7.46. The lowest BCUT2D eigenvalue weighted by Crippen LogP contribution is -2.18. The number of hydrogen-bond donors (Lipinski definition) is 2. The molecule has 9 heteroatoms. The number of amides is 2. The van der Waals surface area contributed by atoms with Gasteiger partial charge in [0.15, 0.2) is 4.34 Å². The summed E-state index contributed by atoms with van der Waals surface area (Å²) in [6, 6.07) is 9.90. The van der Waals surface area contributed by atoms with Crippen LogP contribution in [-0.4, -0.2) is 16.2 Å². The summed E-state index contributed by atoms with van der Waals surface area (Å²) in [6.45, 7) is 0. The van der Waals surface area contributed by atoms with Crippen molar-refractivity contribution in [2.75, 3.05) is 10.6 Å². The molecule has 5 nitrogen and oxygen atoms in total. The molecule has 0 saturated carbocycles. The number of thiophene rings is 1. The maximum atomic E-state index is 13.5. The number of hydrogen-bond acceptors (Lipinski definition) is 6. The average Bonchev–Trinajstić information content (AvgIpc) is 3.18. The van der Waals surface area contributed by atoms with Crippen LogP contribution in [0.25, 0.3) is 0 Å². The SMILES string of the molecule is O=C(Nc1cccs1)Nc1nnc(SCc2ccccc2F)s1. The summed E-state index contributed by atoms with van der Waals surface area (Å²) in [7, 11) is 0. The molecule has 0 aliphatic carbocycles. The van der Waals surface area contributed by atoms with Gasteiger partial charge < -0.3 is 0 Å². The summed E-state index contributed by atoms with van der Waals surface area (Å²) in [4.78, 5) is 11.8. The monoisotopic (exact) mass is 366 g/mol. The number of carbonyl (C=O) groups is 1. The maximum Gasteiger partial charge on any atom is 0.326 e. The van der Waals surface area contributed by atoms with Gasteiger partial charge >= 0.3 is 6.03 Å². The van der Waals surface area contributed by atoms with Crippen molar-refractivity contribution in [3.8, 4) is 0 Å². The number of nitrogens with zero attached hydrogens (tertiary/aromatic N) is 2. The molecule has 2 aromatic heterocycles. The van der Waals surface area contributed by atoms with Gasteiger partial charge in [0.1, 0.15) is 5.82 Å². The average molecular weight is 366 g/mol. The molecule has 2 amide bonds. The lowest BCUT2D eigenvalue weighted by Gasteiger charge is -2.01. The quantitative estimate of drug-likeness (QED) is 0.508. The Hall–Kier alpha value is -1.97. The predicted molar refractivity (Wildman–Crippen MR) is 92.8 cm³/mol. The third-order valence-electron chi connectivity index (χ3n) is 2.69. The fraction of sp³-hybridized carbons (Fsp3) is 0.0714. The number of benzene rings is 1.